The van der Waals surface area contributed by atoms with Crippen molar-refractivity contribution in [1.82, 2.24) is 4.98 Å². The van der Waals surface area contributed by atoms with Crippen molar-refractivity contribution in [2.45, 2.75) is 0 Å². The first-order valence-corrected chi connectivity index (χ1v) is 12.0. The number of thiazole rings is 1. The standard InChI is InChI=1S/C26H24N4O4S/c1-34-30(26-27-22-4-2-3-5-23(22)35-26)24(31)18-6-10-20(11-7-18)28-14-16-29(17-15-28)21-12-8-19(9-13-21)25(32)33/h2-13H,14-17H2,1H3,(H,32,33). The van der Waals surface area contributed by atoms with Crippen LogP contribution in [0.4, 0.5) is 16.5 Å². The van der Waals surface area contributed by atoms with E-state index in [4.69, 9.17) is 9.94 Å². The van der Waals surface area contributed by atoms with Crippen LogP contribution in [0.15, 0.2) is 72.8 Å². The van der Waals surface area contributed by atoms with E-state index in [0.717, 1.165) is 47.8 Å². The molecule has 0 aliphatic carbocycles. The number of anilines is 3. The van der Waals surface area contributed by atoms with Crippen molar-refractivity contribution in [3.05, 3.63) is 83.9 Å². The Bertz CT molecular complexity index is 1310. The average Bonchev–Trinajstić information content (AvgIpc) is 3.33. The Hall–Kier alpha value is -3.95. The van der Waals surface area contributed by atoms with Crippen molar-refractivity contribution in [2.24, 2.45) is 0 Å². The lowest BCUT2D eigenvalue weighted by atomic mass is 10.1. The van der Waals surface area contributed by atoms with Gasteiger partial charge >= 0.3 is 5.97 Å². The highest BCUT2D eigenvalue weighted by Crippen LogP contribution is 2.30. The zero-order valence-corrected chi connectivity index (χ0v) is 19.9. The van der Waals surface area contributed by atoms with Crippen molar-refractivity contribution in [3.63, 3.8) is 0 Å². The van der Waals surface area contributed by atoms with Gasteiger partial charge in [0.2, 0.25) is 5.13 Å². The van der Waals surface area contributed by atoms with E-state index in [0.29, 0.717) is 10.7 Å². The van der Waals surface area contributed by atoms with Crippen LogP contribution in [0.3, 0.4) is 0 Å². The van der Waals surface area contributed by atoms with Crippen LogP contribution in [-0.4, -0.2) is 55.3 Å². The quantitative estimate of drug-likeness (QED) is 0.399. The molecule has 0 atom stereocenters. The summed E-state index contributed by atoms with van der Waals surface area (Å²) >= 11 is 1.41. The molecule has 8 nitrogen and oxygen atoms in total. The lowest BCUT2D eigenvalue weighted by molar-refractivity contribution is 0.0696. The van der Waals surface area contributed by atoms with Gasteiger partial charge in [0.05, 0.1) is 22.9 Å². The fourth-order valence-electron chi connectivity index (χ4n) is 4.16. The van der Waals surface area contributed by atoms with Crippen molar-refractivity contribution >= 4 is 49.9 Å². The molecule has 9 heteroatoms. The largest absolute Gasteiger partial charge is 0.478 e. The van der Waals surface area contributed by atoms with Gasteiger partial charge < -0.3 is 14.9 Å². The van der Waals surface area contributed by atoms with Crippen LogP contribution in [0, 0.1) is 0 Å². The molecule has 1 amide bonds. The Labute approximate surface area is 206 Å². The second-order valence-corrected chi connectivity index (χ2v) is 9.13. The summed E-state index contributed by atoms with van der Waals surface area (Å²) in [7, 11) is 1.47. The van der Waals surface area contributed by atoms with E-state index in [1.54, 1.807) is 12.1 Å². The van der Waals surface area contributed by atoms with Gasteiger partial charge in [-0.25, -0.2) is 9.78 Å². The lowest BCUT2D eigenvalue weighted by Crippen LogP contribution is -2.46. The summed E-state index contributed by atoms with van der Waals surface area (Å²) < 4.78 is 0.990. The van der Waals surface area contributed by atoms with Crippen LogP contribution in [-0.2, 0) is 4.84 Å². The van der Waals surface area contributed by atoms with Crippen molar-refractivity contribution in [2.75, 3.05) is 48.2 Å². The van der Waals surface area contributed by atoms with Crippen LogP contribution >= 0.6 is 11.3 Å². The Morgan fingerprint density at radius 2 is 1.40 bits per heavy atom. The Morgan fingerprint density at radius 1 is 0.857 bits per heavy atom. The van der Waals surface area contributed by atoms with Crippen LogP contribution in [0.2, 0.25) is 0 Å². The van der Waals surface area contributed by atoms with Crippen molar-refractivity contribution in [1.29, 1.82) is 0 Å². The van der Waals surface area contributed by atoms with Gasteiger partial charge in [0.25, 0.3) is 5.91 Å². The molecular weight excluding hydrogens is 464 g/mol. The van der Waals surface area contributed by atoms with E-state index >= 15 is 0 Å². The topological polar surface area (TPSA) is 86.2 Å². The first-order valence-electron chi connectivity index (χ1n) is 11.2. The molecule has 2 heterocycles. The minimum absolute atomic E-state index is 0.271. The minimum Gasteiger partial charge on any atom is -0.478 e. The molecule has 1 aliphatic rings. The van der Waals surface area contributed by atoms with Crippen LogP contribution in [0.1, 0.15) is 20.7 Å². The van der Waals surface area contributed by atoms with E-state index in [-0.39, 0.29) is 11.5 Å². The van der Waals surface area contributed by atoms with E-state index in [1.807, 2.05) is 60.7 Å². The molecule has 1 aromatic heterocycles. The third kappa shape index (κ3) is 4.68. The van der Waals surface area contributed by atoms with E-state index < -0.39 is 5.97 Å². The van der Waals surface area contributed by atoms with Crippen molar-refractivity contribution < 1.29 is 19.5 Å². The molecule has 4 aromatic rings. The Kier molecular flexibility index (Phi) is 6.35. The molecule has 178 valence electrons. The van der Waals surface area contributed by atoms with Gasteiger partial charge in [0.1, 0.15) is 0 Å². The number of hydrogen-bond donors (Lipinski definition) is 1. The number of rotatable bonds is 6. The minimum atomic E-state index is -0.919. The monoisotopic (exact) mass is 488 g/mol. The van der Waals surface area contributed by atoms with E-state index in [1.165, 1.54) is 23.5 Å². The van der Waals surface area contributed by atoms with Gasteiger partial charge in [-0.05, 0) is 60.7 Å². The molecule has 0 unspecified atom stereocenters. The molecular formula is C26H24N4O4S. The second-order valence-electron chi connectivity index (χ2n) is 8.12. The summed E-state index contributed by atoms with van der Waals surface area (Å²) in [4.78, 5) is 38.6. The average molecular weight is 489 g/mol. The number of fused-ring (bicyclic) bond motifs is 1. The Morgan fingerprint density at radius 3 is 1.91 bits per heavy atom. The predicted molar refractivity (Wildman–Crippen MR) is 138 cm³/mol. The van der Waals surface area contributed by atoms with Gasteiger partial charge in [-0.1, -0.05) is 23.5 Å². The van der Waals surface area contributed by atoms with E-state index in [9.17, 15) is 9.59 Å². The maximum Gasteiger partial charge on any atom is 0.335 e. The fraction of sp³-hybridized carbons (Fsp3) is 0.192. The number of aromatic nitrogens is 1. The molecule has 1 fully saturated rings. The smallest absolute Gasteiger partial charge is 0.335 e. The highest BCUT2D eigenvalue weighted by Gasteiger charge is 2.23. The number of piperazine rings is 1. The third-order valence-corrected chi connectivity index (χ3v) is 7.07. The number of benzene rings is 3. The molecule has 1 aliphatic heterocycles. The van der Waals surface area contributed by atoms with Crippen LogP contribution in [0.25, 0.3) is 10.2 Å². The summed E-state index contributed by atoms with van der Waals surface area (Å²) in [5.41, 5.74) is 3.70. The zero-order chi connectivity index (χ0) is 24.4. The molecule has 1 N–H and O–H groups in total. The van der Waals surface area contributed by atoms with Crippen molar-refractivity contribution in [3.8, 4) is 0 Å². The zero-order valence-electron chi connectivity index (χ0n) is 19.1. The summed E-state index contributed by atoms with van der Waals surface area (Å²) in [5.74, 6) is -1.19. The maximum atomic E-state index is 13.1. The molecule has 3 aromatic carbocycles. The number of para-hydroxylation sites is 1. The number of amides is 1. The van der Waals surface area contributed by atoms with Crippen LogP contribution < -0.4 is 14.9 Å². The van der Waals surface area contributed by atoms with E-state index in [2.05, 4.69) is 14.8 Å². The summed E-state index contributed by atoms with van der Waals surface area (Å²) in [6, 6.07) is 22.3. The van der Waals surface area contributed by atoms with Gasteiger partial charge in [-0.15, -0.1) is 0 Å². The number of nitrogens with zero attached hydrogens (tertiary/aromatic N) is 4. The number of carbonyl (C=O) groups is 2. The number of carboxylic acids is 1. The third-order valence-electron chi connectivity index (χ3n) is 6.06. The predicted octanol–water partition coefficient (Wildman–Crippen LogP) is 4.53. The number of hydrogen-bond acceptors (Lipinski definition) is 7. The highest BCUT2D eigenvalue weighted by atomic mass is 32.1. The van der Waals surface area contributed by atoms with Gasteiger partial charge in [0, 0.05) is 43.1 Å². The first kappa shape index (κ1) is 22.8. The molecule has 0 radical (unpaired) electrons. The molecule has 1 saturated heterocycles. The maximum absolute atomic E-state index is 13.1. The summed E-state index contributed by atoms with van der Waals surface area (Å²) in [6.07, 6.45) is 0. The Balaban J connectivity index is 1.24. The van der Waals surface area contributed by atoms with Gasteiger partial charge in [-0.3, -0.25) is 9.63 Å². The lowest BCUT2D eigenvalue weighted by Gasteiger charge is -2.37. The normalized spacial score (nSPS) is 13.7. The molecule has 35 heavy (non-hydrogen) atoms. The summed E-state index contributed by atoms with van der Waals surface area (Å²) in [5, 5.41) is 10.8. The molecule has 0 bridgehead atoms. The van der Waals surface area contributed by atoms with Gasteiger partial charge in [-0.2, -0.15) is 5.06 Å². The second kappa shape index (κ2) is 9.73. The first-order chi connectivity index (χ1) is 17.0. The number of carbonyl (C=O) groups excluding carboxylic acids is 1. The molecule has 0 spiro atoms. The van der Waals surface area contributed by atoms with Crippen LogP contribution in [0.5, 0.6) is 0 Å². The number of hydroxylamine groups is 1. The molecule has 5 rings (SSSR count). The number of carboxylic acid groups (broad SMARTS) is 1. The summed E-state index contributed by atoms with van der Waals surface area (Å²) in [6.45, 7) is 3.29. The number of aromatic carboxylic acids is 1. The highest BCUT2D eigenvalue weighted by molar-refractivity contribution is 7.22. The molecule has 0 saturated carbocycles. The SMILES string of the molecule is CON(C(=O)c1ccc(N2CCN(c3ccc(C(=O)O)cc3)CC2)cc1)c1nc2ccccc2s1. The fourth-order valence-corrected chi connectivity index (χ4v) is 5.11. The van der Waals surface area contributed by atoms with Gasteiger partial charge in [0.15, 0.2) is 0 Å².